The molecule has 1 unspecified atom stereocenters. The van der Waals surface area contributed by atoms with Crippen molar-refractivity contribution in [3.8, 4) is 0 Å². The molecule has 1 saturated heterocycles. The molecule has 0 saturated carbocycles. The van der Waals surface area contributed by atoms with Gasteiger partial charge in [-0.1, -0.05) is 46.9 Å². The molecule has 6 heterocycles. The van der Waals surface area contributed by atoms with Crippen molar-refractivity contribution in [2.75, 3.05) is 0 Å². The summed E-state index contributed by atoms with van der Waals surface area (Å²) in [6.45, 7) is 7.90. The molecule has 17 nitrogen and oxygen atoms in total. The van der Waals surface area contributed by atoms with Gasteiger partial charge in [-0.2, -0.15) is 25.5 Å². The molecule has 1 atom stereocenters. The number of aromatic nitrogens is 10. The smallest absolute Gasteiger partial charge is 0.399 e. The lowest BCUT2D eigenvalue weighted by Gasteiger charge is -2.32. The Morgan fingerprint density at radius 1 is 0.575 bits per heavy atom. The van der Waals surface area contributed by atoms with Crippen LogP contribution < -0.4 is 5.46 Å². The van der Waals surface area contributed by atoms with E-state index in [0.717, 1.165) is 32.8 Å². The van der Waals surface area contributed by atoms with Gasteiger partial charge in [-0.25, -0.2) is 0 Å². The van der Waals surface area contributed by atoms with Gasteiger partial charge in [-0.05, 0) is 148 Å². The van der Waals surface area contributed by atoms with Gasteiger partial charge in [0.25, 0.3) is 0 Å². The summed E-state index contributed by atoms with van der Waals surface area (Å²) in [4.78, 5) is 45.3. The molecule has 9 rings (SSSR count). The Balaban J connectivity index is 0.000000178. The predicted molar refractivity (Wildman–Crippen MR) is 291 cm³/mol. The van der Waals surface area contributed by atoms with Crippen LogP contribution in [0.3, 0.4) is 0 Å². The highest BCUT2D eigenvalue weighted by atomic mass is 79.9. The normalized spacial score (nSPS) is 13.5. The van der Waals surface area contributed by atoms with E-state index in [2.05, 4.69) is 73.3 Å². The first kappa shape index (κ1) is 58.5. The van der Waals surface area contributed by atoms with E-state index in [-0.39, 0.29) is 11.6 Å². The molecule has 0 spiro atoms. The highest BCUT2D eigenvalue weighted by Crippen LogP contribution is 2.37. The summed E-state index contributed by atoms with van der Waals surface area (Å²) in [5, 5.41) is 31.9. The van der Waals surface area contributed by atoms with Gasteiger partial charge in [0.2, 0.25) is 11.6 Å². The van der Waals surface area contributed by atoms with Crippen LogP contribution in [0.5, 0.6) is 0 Å². The standard InChI is InChI=1S/C17H20BClN2O3.C11H10BrClN2O.C11H8BrClN2O.C5H5BrN2O.C5H6N2O/c1-16(2)17(3,4)24-18(23-16)13-10-20-21(5)14(13)15(22)11-6-8-12(19)9-7-11;2*1-15-10(9(12)6-14-15)11(16)7-2-4-8(13)5-3-7;1-8-5(3-9)4(6)2-7-8;1-7-5(4-8)2-3-6-7/h6-10H,1-5H3;2-6,11,16H,1H3;2-6H,1H3;2-3H,1H3;2-4H,1H3. The van der Waals surface area contributed by atoms with Crippen LogP contribution in [0.25, 0.3) is 0 Å². The van der Waals surface area contributed by atoms with Crippen molar-refractivity contribution in [1.82, 2.24) is 48.9 Å². The molecule has 1 aliphatic heterocycles. The van der Waals surface area contributed by atoms with E-state index in [9.17, 15) is 24.3 Å². The number of aryl methyl sites for hydroxylation is 5. The zero-order valence-electron chi connectivity index (χ0n) is 40.8. The van der Waals surface area contributed by atoms with Crippen LogP contribution in [0, 0.1) is 0 Å². The Kier molecular flexibility index (Phi) is 20.6. The molecule has 1 fully saturated rings. The Morgan fingerprint density at radius 3 is 1.40 bits per heavy atom. The van der Waals surface area contributed by atoms with Crippen LogP contribution in [0.15, 0.2) is 123 Å². The number of carbonyl (C=O) groups excluding carboxylic acids is 4. The lowest BCUT2D eigenvalue weighted by Crippen LogP contribution is -2.41. The molecule has 3 aromatic carbocycles. The highest BCUT2D eigenvalue weighted by Gasteiger charge is 2.53. The first-order valence-corrected chi connectivity index (χ1v) is 25.2. The number of aliphatic hydroxyl groups excluding tert-OH is 1. The van der Waals surface area contributed by atoms with E-state index >= 15 is 0 Å². The third-order valence-electron chi connectivity index (χ3n) is 11.4. The summed E-state index contributed by atoms with van der Waals surface area (Å²) in [7, 11) is 8.07. The largest absolute Gasteiger partial charge is 0.498 e. The quantitative estimate of drug-likeness (QED) is 0.0817. The molecule has 0 radical (unpaired) electrons. The number of halogens is 6. The fraction of sp³-hybridized carbons (Fsp3) is 0.245. The maximum absolute atomic E-state index is 12.9. The van der Waals surface area contributed by atoms with Gasteiger partial charge in [-0.3, -0.25) is 42.6 Å². The number of aliphatic hydroxyl groups is 1. The Bertz CT molecular complexity index is 3100. The lowest BCUT2D eigenvalue weighted by molar-refractivity contribution is 0.00578. The fourth-order valence-electron chi connectivity index (χ4n) is 6.60. The van der Waals surface area contributed by atoms with Crippen molar-refractivity contribution in [1.29, 1.82) is 0 Å². The lowest BCUT2D eigenvalue weighted by atomic mass is 9.78. The van der Waals surface area contributed by atoms with Crippen LogP contribution in [-0.4, -0.2) is 96.5 Å². The molecule has 8 aromatic rings. The average molecular weight is 1250 g/mol. The summed E-state index contributed by atoms with van der Waals surface area (Å²) < 4.78 is 22.1. The van der Waals surface area contributed by atoms with E-state index in [0.29, 0.717) is 58.9 Å². The molecule has 382 valence electrons. The second kappa shape index (κ2) is 25.7. The Labute approximate surface area is 462 Å². The Morgan fingerprint density at radius 2 is 1.01 bits per heavy atom. The van der Waals surface area contributed by atoms with E-state index in [1.807, 2.05) is 27.7 Å². The SMILES string of the molecule is Cn1ncc(B2OC(C)(C)C(C)(C)O2)c1C(=O)c1ccc(Cl)cc1.Cn1ncc(Br)c1C(=O)c1ccc(Cl)cc1.Cn1ncc(Br)c1C(O)c1ccc(Cl)cc1.Cn1ncc(Br)c1C=O.Cn1nccc1C=O. The number of ketones is 2. The zero-order chi connectivity index (χ0) is 53.9. The first-order valence-electron chi connectivity index (χ1n) is 21.7. The van der Waals surface area contributed by atoms with Gasteiger partial charge in [0.1, 0.15) is 28.9 Å². The van der Waals surface area contributed by atoms with Crippen molar-refractivity contribution in [3.63, 3.8) is 0 Å². The van der Waals surface area contributed by atoms with Gasteiger partial charge < -0.3 is 14.4 Å². The monoisotopic (exact) mass is 1240 g/mol. The summed E-state index contributed by atoms with van der Waals surface area (Å²) in [5.41, 5.74) is 4.47. The van der Waals surface area contributed by atoms with Crippen LogP contribution in [0.1, 0.15) is 98.1 Å². The van der Waals surface area contributed by atoms with Gasteiger partial charge >= 0.3 is 7.12 Å². The zero-order valence-corrected chi connectivity index (χ0v) is 47.9. The van der Waals surface area contributed by atoms with Gasteiger partial charge in [0, 0.05) is 79.3 Å². The molecule has 5 aromatic heterocycles. The summed E-state index contributed by atoms with van der Waals surface area (Å²) in [6.07, 6.45) is 8.89. The molecule has 0 amide bonds. The topological polar surface area (TPSA) is 196 Å². The maximum atomic E-state index is 12.9. The summed E-state index contributed by atoms with van der Waals surface area (Å²) in [6, 6.07) is 22.3. The molecule has 1 aliphatic rings. The number of nitrogens with zero attached hydrogens (tertiary/aromatic N) is 10. The van der Waals surface area contributed by atoms with E-state index in [1.165, 1.54) is 9.36 Å². The van der Waals surface area contributed by atoms with Crippen molar-refractivity contribution in [3.05, 3.63) is 183 Å². The maximum Gasteiger partial charge on any atom is 0.498 e. The minimum absolute atomic E-state index is 0.0801. The van der Waals surface area contributed by atoms with Crippen molar-refractivity contribution < 1.29 is 33.6 Å². The Hall–Kier alpha value is -5.36. The minimum Gasteiger partial charge on any atom is -0.399 e. The van der Waals surface area contributed by atoms with Crippen LogP contribution in [0.2, 0.25) is 15.1 Å². The predicted octanol–water partition coefficient (Wildman–Crippen LogP) is 9.82. The first-order chi connectivity index (χ1) is 34.4. The van der Waals surface area contributed by atoms with E-state index < -0.39 is 24.4 Å². The fourth-order valence-corrected chi connectivity index (χ4v) is 8.51. The average Bonchev–Trinajstić information content (AvgIpc) is 4.21. The molecule has 0 aliphatic carbocycles. The second-order valence-electron chi connectivity index (χ2n) is 16.9. The third-order valence-corrected chi connectivity index (χ3v) is 14.0. The molecular weight excluding hydrogens is 1200 g/mol. The van der Waals surface area contributed by atoms with E-state index in [4.69, 9.17) is 44.1 Å². The number of benzene rings is 3. The number of rotatable bonds is 9. The summed E-state index contributed by atoms with van der Waals surface area (Å²) in [5.74, 6) is -0.222. The molecule has 1 N–H and O–H groups in total. The van der Waals surface area contributed by atoms with Crippen molar-refractivity contribution in [2.45, 2.75) is 45.0 Å². The highest BCUT2D eigenvalue weighted by molar-refractivity contribution is 9.11. The second-order valence-corrected chi connectivity index (χ2v) is 20.7. The number of aldehydes is 2. The van der Waals surface area contributed by atoms with Gasteiger partial charge in [0.15, 0.2) is 12.6 Å². The number of hydrogen-bond donors (Lipinski definition) is 1. The van der Waals surface area contributed by atoms with Crippen LogP contribution in [0.4, 0.5) is 0 Å². The van der Waals surface area contributed by atoms with E-state index in [1.54, 1.807) is 159 Å². The molecular formula is C49H49BBr3Cl3N10O7. The molecule has 24 heteroatoms. The molecule has 0 bridgehead atoms. The van der Waals surface area contributed by atoms with Crippen molar-refractivity contribution in [2.24, 2.45) is 35.2 Å². The van der Waals surface area contributed by atoms with Crippen LogP contribution in [-0.2, 0) is 44.5 Å². The summed E-state index contributed by atoms with van der Waals surface area (Å²) >= 11 is 27.3. The number of carbonyl (C=O) groups is 4. The van der Waals surface area contributed by atoms with Crippen molar-refractivity contribution >= 4 is 119 Å². The van der Waals surface area contributed by atoms with Crippen LogP contribution >= 0.6 is 82.6 Å². The molecule has 73 heavy (non-hydrogen) atoms. The third kappa shape index (κ3) is 14.7. The minimum atomic E-state index is -0.709. The van der Waals surface area contributed by atoms with Gasteiger partial charge in [0.05, 0.1) is 48.9 Å². The number of hydrogen-bond acceptors (Lipinski definition) is 12. The van der Waals surface area contributed by atoms with Gasteiger partial charge in [-0.15, -0.1) is 0 Å².